The van der Waals surface area contributed by atoms with Gasteiger partial charge in [-0.1, -0.05) is 58.0 Å². The Kier molecular flexibility index (Phi) is 4.79. The summed E-state index contributed by atoms with van der Waals surface area (Å²) >= 11 is 0. The maximum absolute atomic E-state index is 5.79. The maximum Gasteiger partial charge on any atom is 0.133 e. The van der Waals surface area contributed by atoms with Gasteiger partial charge in [-0.2, -0.15) is 0 Å². The van der Waals surface area contributed by atoms with Gasteiger partial charge in [0.15, 0.2) is 0 Å². The standard InChI is InChI=1S/C27H30O/c1-16(2)21-12-22(17(3)4)14-23(13-21)26-18(5)7-8-20-11-24(15-25(20)26)27-19(6)9-10-28-27/h7-10,12-17H,11H2,1-6H3. The van der Waals surface area contributed by atoms with E-state index in [9.17, 15) is 0 Å². The van der Waals surface area contributed by atoms with Crippen molar-refractivity contribution in [2.24, 2.45) is 0 Å². The first-order chi connectivity index (χ1) is 13.3. The second-order valence-corrected chi connectivity index (χ2v) is 8.81. The quantitative estimate of drug-likeness (QED) is 0.455. The molecule has 1 heterocycles. The van der Waals surface area contributed by atoms with E-state index in [0.717, 1.165) is 12.2 Å². The van der Waals surface area contributed by atoms with Gasteiger partial charge in [-0.25, -0.2) is 0 Å². The fourth-order valence-corrected chi connectivity index (χ4v) is 4.24. The van der Waals surface area contributed by atoms with Gasteiger partial charge >= 0.3 is 0 Å². The summed E-state index contributed by atoms with van der Waals surface area (Å²) in [5.41, 5.74) is 12.1. The molecule has 0 atom stereocenters. The monoisotopic (exact) mass is 370 g/mol. The number of rotatable bonds is 4. The van der Waals surface area contributed by atoms with E-state index >= 15 is 0 Å². The minimum atomic E-state index is 0.520. The third kappa shape index (κ3) is 3.24. The highest BCUT2D eigenvalue weighted by Crippen LogP contribution is 2.41. The topological polar surface area (TPSA) is 13.1 Å². The second-order valence-electron chi connectivity index (χ2n) is 8.81. The summed E-state index contributed by atoms with van der Waals surface area (Å²) in [5, 5.41) is 0. The lowest BCUT2D eigenvalue weighted by Crippen LogP contribution is -1.97. The summed E-state index contributed by atoms with van der Waals surface area (Å²) in [7, 11) is 0. The molecule has 3 aromatic rings. The van der Waals surface area contributed by atoms with Crippen LogP contribution in [0.3, 0.4) is 0 Å². The Morgan fingerprint density at radius 1 is 0.821 bits per heavy atom. The van der Waals surface area contributed by atoms with Crippen LogP contribution in [0.5, 0.6) is 0 Å². The molecule has 0 unspecified atom stereocenters. The van der Waals surface area contributed by atoms with Crippen LogP contribution in [0.2, 0.25) is 0 Å². The van der Waals surface area contributed by atoms with Crippen LogP contribution < -0.4 is 0 Å². The molecule has 0 amide bonds. The first-order valence-electron chi connectivity index (χ1n) is 10.4. The van der Waals surface area contributed by atoms with Gasteiger partial charge in [0.2, 0.25) is 0 Å². The van der Waals surface area contributed by atoms with Crippen molar-refractivity contribution in [1.29, 1.82) is 0 Å². The molecular weight excluding hydrogens is 340 g/mol. The predicted molar refractivity (Wildman–Crippen MR) is 120 cm³/mol. The van der Waals surface area contributed by atoms with Crippen LogP contribution >= 0.6 is 0 Å². The van der Waals surface area contributed by atoms with Gasteiger partial charge in [0.25, 0.3) is 0 Å². The van der Waals surface area contributed by atoms with Crippen molar-refractivity contribution in [2.45, 2.75) is 59.8 Å². The molecule has 0 bridgehead atoms. The van der Waals surface area contributed by atoms with Gasteiger partial charge < -0.3 is 4.42 Å². The van der Waals surface area contributed by atoms with E-state index in [1.54, 1.807) is 6.26 Å². The Morgan fingerprint density at radius 2 is 1.50 bits per heavy atom. The number of hydrogen-bond acceptors (Lipinski definition) is 1. The van der Waals surface area contributed by atoms with Gasteiger partial charge in [-0.3, -0.25) is 0 Å². The third-order valence-electron chi connectivity index (χ3n) is 6.00. The minimum absolute atomic E-state index is 0.520. The van der Waals surface area contributed by atoms with Crippen molar-refractivity contribution in [2.75, 3.05) is 0 Å². The first-order valence-corrected chi connectivity index (χ1v) is 10.4. The minimum Gasteiger partial charge on any atom is -0.464 e. The summed E-state index contributed by atoms with van der Waals surface area (Å²) < 4.78 is 5.79. The molecule has 1 aromatic heterocycles. The van der Waals surface area contributed by atoms with Crippen molar-refractivity contribution in [1.82, 2.24) is 0 Å². The highest BCUT2D eigenvalue weighted by Gasteiger charge is 2.22. The Hall–Kier alpha value is -2.54. The number of allylic oxidation sites excluding steroid dienone is 1. The maximum atomic E-state index is 5.79. The lowest BCUT2D eigenvalue weighted by Gasteiger charge is -2.18. The number of furan rings is 1. The van der Waals surface area contributed by atoms with Crippen LogP contribution in [0.25, 0.3) is 22.8 Å². The molecule has 1 aliphatic rings. The highest BCUT2D eigenvalue weighted by atomic mass is 16.3. The molecule has 1 nitrogen and oxygen atoms in total. The second kappa shape index (κ2) is 7.13. The summed E-state index contributed by atoms with van der Waals surface area (Å²) in [6.45, 7) is 13.5. The zero-order valence-electron chi connectivity index (χ0n) is 17.9. The lowest BCUT2D eigenvalue weighted by molar-refractivity contribution is 0.550. The van der Waals surface area contributed by atoms with Crippen molar-refractivity contribution >= 4 is 11.6 Å². The molecule has 28 heavy (non-hydrogen) atoms. The van der Waals surface area contributed by atoms with Crippen molar-refractivity contribution in [3.05, 3.63) is 81.8 Å². The van der Waals surface area contributed by atoms with E-state index in [0.29, 0.717) is 11.8 Å². The van der Waals surface area contributed by atoms with Crippen LogP contribution in [-0.4, -0.2) is 0 Å². The van der Waals surface area contributed by atoms with E-state index in [2.05, 4.69) is 78.0 Å². The summed E-state index contributed by atoms with van der Waals surface area (Å²) in [6, 6.07) is 13.8. The van der Waals surface area contributed by atoms with Gasteiger partial charge in [-0.05, 0) is 82.3 Å². The molecule has 0 saturated heterocycles. The fourth-order valence-electron chi connectivity index (χ4n) is 4.24. The highest BCUT2D eigenvalue weighted by molar-refractivity contribution is 5.94. The fraction of sp³-hybridized carbons (Fsp3) is 0.333. The van der Waals surface area contributed by atoms with Crippen molar-refractivity contribution in [3.8, 4) is 11.1 Å². The van der Waals surface area contributed by atoms with Crippen LogP contribution in [0, 0.1) is 13.8 Å². The van der Waals surface area contributed by atoms with Gasteiger partial charge in [0, 0.05) is 12.0 Å². The molecular formula is C27H30O. The molecule has 144 valence electrons. The normalized spacial score (nSPS) is 13.4. The van der Waals surface area contributed by atoms with Crippen molar-refractivity contribution < 1.29 is 4.42 Å². The molecule has 0 N–H and O–H groups in total. The van der Waals surface area contributed by atoms with Crippen LogP contribution in [0.4, 0.5) is 0 Å². The van der Waals surface area contributed by atoms with E-state index in [4.69, 9.17) is 4.42 Å². The van der Waals surface area contributed by atoms with Crippen LogP contribution in [0.15, 0.2) is 47.1 Å². The predicted octanol–water partition coefficient (Wildman–Crippen LogP) is 7.91. The molecule has 0 radical (unpaired) electrons. The Morgan fingerprint density at radius 3 is 2.07 bits per heavy atom. The zero-order valence-corrected chi connectivity index (χ0v) is 17.9. The Balaban J connectivity index is 1.91. The molecule has 0 fully saturated rings. The lowest BCUT2D eigenvalue weighted by atomic mass is 9.87. The number of fused-ring (bicyclic) bond motifs is 1. The average molecular weight is 371 g/mol. The third-order valence-corrected chi connectivity index (χ3v) is 6.00. The zero-order chi connectivity index (χ0) is 20.0. The van der Waals surface area contributed by atoms with E-state index < -0.39 is 0 Å². The smallest absolute Gasteiger partial charge is 0.133 e. The first kappa shape index (κ1) is 18.8. The largest absolute Gasteiger partial charge is 0.464 e. The number of aryl methyl sites for hydroxylation is 2. The van der Waals surface area contributed by atoms with Gasteiger partial charge in [-0.15, -0.1) is 0 Å². The summed E-state index contributed by atoms with van der Waals surface area (Å²) in [6.07, 6.45) is 5.08. The molecule has 0 saturated carbocycles. The summed E-state index contributed by atoms with van der Waals surface area (Å²) in [4.78, 5) is 0. The number of hydrogen-bond donors (Lipinski definition) is 0. The average Bonchev–Trinajstić information content (AvgIpc) is 3.26. The molecule has 2 aromatic carbocycles. The molecule has 4 rings (SSSR count). The van der Waals surface area contributed by atoms with Gasteiger partial charge in [0.1, 0.15) is 5.76 Å². The van der Waals surface area contributed by atoms with Crippen LogP contribution in [-0.2, 0) is 6.42 Å². The molecule has 0 spiro atoms. The summed E-state index contributed by atoms with van der Waals surface area (Å²) in [5.74, 6) is 2.07. The Labute approximate surface area is 169 Å². The van der Waals surface area contributed by atoms with Gasteiger partial charge in [0.05, 0.1) is 6.26 Å². The van der Waals surface area contributed by atoms with E-state index in [1.165, 1.54) is 50.1 Å². The molecule has 1 heteroatoms. The molecule has 1 aliphatic carbocycles. The molecule has 0 aliphatic heterocycles. The van der Waals surface area contributed by atoms with Crippen molar-refractivity contribution in [3.63, 3.8) is 0 Å². The van der Waals surface area contributed by atoms with Crippen LogP contribution in [0.1, 0.15) is 78.7 Å². The number of benzene rings is 2. The Bertz CT molecular complexity index is 1030. The van der Waals surface area contributed by atoms with E-state index in [1.807, 2.05) is 6.07 Å². The SMILES string of the molecule is Cc1ccoc1C1=Cc2c(ccc(C)c2-c2cc(C(C)C)cc(C(C)C)c2)C1. The van der Waals surface area contributed by atoms with E-state index in [-0.39, 0.29) is 0 Å².